The Morgan fingerprint density at radius 1 is 0.969 bits per heavy atom. The van der Waals surface area contributed by atoms with Crippen LogP contribution in [0, 0.1) is 12.7 Å². The molecule has 156 valence electrons. The van der Waals surface area contributed by atoms with Crippen molar-refractivity contribution in [3.05, 3.63) is 72.6 Å². The van der Waals surface area contributed by atoms with Crippen LogP contribution in [0.4, 0.5) is 4.39 Å². The number of benzene rings is 2. The number of hydrogen-bond donors (Lipinski definition) is 2. The number of aromatic nitrogens is 7. The quantitative estimate of drug-likeness (QED) is 0.419. The number of pyridine rings is 1. The average Bonchev–Trinajstić information content (AvgIpc) is 3.50. The van der Waals surface area contributed by atoms with Gasteiger partial charge in [-0.3, -0.25) is 10.1 Å². The Morgan fingerprint density at radius 3 is 2.66 bits per heavy atom. The second-order valence-corrected chi connectivity index (χ2v) is 7.73. The molecule has 32 heavy (non-hydrogen) atoms. The van der Waals surface area contributed by atoms with Crippen LogP contribution in [-0.4, -0.2) is 34.7 Å². The molecule has 6 aromatic rings. The van der Waals surface area contributed by atoms with Gasteiger partial charge in [0.1, 0.15) is 17.3 Å². The first-order valence-corrected chi connectivity index (χ1v) is 10.2. The summed E-state index contributed by atoms with van der Waals surface area (Å²) in [6, 6.07) is 14.3. The van der Waals surface area contributed by atoms with Crippen molar-refractivity contribution in [1.29, 1.82) is 0 Å². The van der Waals surface area contributed by atoms with Gasteiger partial charge in [-0.15, -0.1) is 0 Å². The number of hydrogen-bond acceptors (Lipinski definition) is 4. The van der Waals surface area contributed by atoms with Gasteiger partial charge in [0.05, 0.1) is 40.3 Å². The normalized spacial score (nSPS) is 11.6. The van der Waals surface area contributed by atoms with E-state index in [0.717, 1.165) is 50.3 Å². The van der Waals surface area contributed by atoms with E-state index in [1.54, 1.807) is 12.3 Å². The Labute approximate surface area is 182 Å². The van der Waals surface area contributed by atoms with Gasteiger partial charge in [0.2, 0.25) is 0 Å². The van der Waals surface area contributed by atoms with Crippen LogP contribution < -0.4 is 0 Å². The highest BCUT2D eigenvalue weighted by Crippen LogP contribution is 2.32. The number of aryl methyl sites for hydroxylation is 1. The van der Waals surface area contributed by atoms with Crippen molar-refractivity contribution < 1.29 is 4.39 Å². The summed E-state index contributed by atoms with van der Waals surface area (Å²) in [5, 5.41) is 8.44. The zero-order valence-corrected chi connectivity index (χ0v) is 17.4. The zero-order valence-electron chi connectivity index (χ0n) is 17.4. The summed E-state index contributed by atoms with van der Waals surface area (Å²) in [5.41, 5.74) is 6.50. The second-order valence-electron chi connectivity index (χ2n) is 7.73. The highest BCUT2D eigenvalue weighted by molar-refractivity contribution is 5.97. The fourth-order valence-electron chi connectivity index (χ4n) is 4.01. The van der Waals surface area contributed by atoms with Crippen LogP contribution in [0.15, 0.2) is 60.9 Å². The first-order valence-electron chi connectivity index (χ1n) is 10.2. The number of nitrogens with zero attached hydrogens (tertiary/aromatic N) is 5. The minimum absolute atomic E-state index is 0.279. The van der Waals surface area contributed by atoms with Crippen LogP contribution in [0.25, 0.3) is 56.0 Å². The van der Waals surface area contributed by atoms with E-state index in [9.17, 15) is 4.39 Å². The monoisotopic (exact) mass is 423 g/mol. The molecule has 0 saturated carbocycles. The Hall–Kier alpha value is -4.33. The lowest BCUT2D eigenvalue weighted by atomic mass is 10.0. The molecule has 8 heteroatoms. The van der Waals surface area contributed by atoms with E-state index in [1.807, 2.05) is 55.1 Å². The summed E-state index contributed by atoms with van der Waals surface area (Å²) in [7, 11) is 1.97. The van der Waals surface area contributed by atoms with Crippen LogP contribution in [-0.2, 0) is 7.05 Å². The molecule has 7 nitrogen and oxygen atoms in total. The van der Waals surface area contributed by atoms with E-state index in [-0.39, 0.29) is 5.82 Å². The number of H-pyrrole nitrogens is 2. The van der Waals surface area contributed by atoms with Crippen molar-refractivity contribution in [3.8, 4) is 34.0 Å². The molecule has 2 aromatic carbocycles. The number of fused-ring (bicyclic) bond motifs is 2. The minimum atomic E-state index is -0.279. The Balaban J connectivity index is 1.52. The highest BCUT2D eigenvalue weighted by Gasteiger charge is 2.17. The molecule has 2 N–H and O–H groups in total. The van der Waals surface area contributed by atoms with Crippen LogP contribution in [0.1, 0.15) is 5.82 Å². The van der Waals surface area contributed by atoms with Crippen molar-refractivity contribution >= 4 is 21.9 Å². The van der Waals surface area contributed by atoms with Gasteiger partial charge in [0, 0.05) is 18.0 Å². The van der Waals surface area contributed by atoms with Gasteiger partial charge in [-0.05, 0) is 36.8 Å². The third kappa shape index (κ3) is 2.80. The summed E-state index contributed by atoms with van der Waals surface area (Å²) in [5.74, 6) is 1.27. The number of para-hydroxylation sites is 1. The molecule has 0 saturated heterocycles. The molecule has 0 aliphatic carbocycles. The molecular formula is C24H18FN7. The molecule has 4 heterocycles. The standard InChI is InChI=1S/C24H18FN7/c1-13-26-12-21(32(13)2)19-10-17-20(11-27-19)30-31-23(17)24-28-18-8-4-7-16(22(18)29-24)14-5-3-6-15(25)9-14/h3-12H,1-2H3,(H,28,29)(H,30,31). The lowest BCUT2D eigenvalue weighted by Crippen LogP contribution is -1.95. The summed E-state index contributed by atoms with van der Waals surface area (Å²) in [4.78, 5) is 17.1. The van der Waals surface area contributed by atoms with E-state index in [2.05, 4.69) is 25.1 Å². The van der Waals surface area contributed by atoms with Crippen molar-refractivity contribution in [1.82, 2.24) is 34.7 Å². The largest absolute Gasteiger partial charge is 0.337 e. The highest BCUT2D eigenvalue weighted by atomic mass is 19.1. The van der Waals surface area contributed by atoms with E-state index >= 15 is 0 Å². The third-order valence-electron chi connectivity index (χ3n) is 5.80. The van der Waals surface area contributed by atoms with E-state index in [0.29, 0.717) is 11.5 Å². The number of halogens is 1. The first kappa shape index (κ1) is 18.4. The maximum absolute atomic E-state index is 13.8. The summed E-state index contributed by atoms with van der Waals surface area (Å²) in [6.45, 7) is 1.95. The second kappa shape index (κ2) is 6.84. The number of aromatic amines is 2. The number of rotatable bonds is 3. The minimum Gasteiger partial charge on any atom is -0.337 e. The van der Waals surface area contributed by atoms with Gasteiger partial charge in [0.25, 0.3) is 0 Å². The molecule has 0 amide bonds. The maximum atomic E-state index is 13.8. The van der Waals surface area contributed by atoms with Gasteiger partial charge in [0.15, 0.2) is 5.82 Å². The van der Waals surface area contributed by atoms with Gasteiger partial charge < -0.3 is 9.55 Å². The smallest absolute Gasteiger partial charge is 0.159 e. The van der Waals surface area contributed by atoms with Crippen molar-refractivity contribution in [2.75, 3.05) is 0 Å². The first-order chi connectivity index (χ1) is 15.6. The molecule has 6 rings (SSSR count). The summed E-state index contributed by atoms with van der Waals surface area (Å²) in [6.07, 6.45) is 3.58. The predicted octanol–water partition coefficient (Wildman–Crippen LogP) is 5.02. The molecule has 4 aromatic heterocycles. The van der Waals surface area contributed by atoms with Crippen molar-refractivity contribution in [2.45, 2.75) is 6.92 Å². The average molecular weight is 423 g/mol. The van der Waals surface area contributed by atoms with Crippen molar-refractivity contribution in [3.63, 3.8) is 0 Å². The Kier molecular flexibility index (Phi) is 3.94. The molecule has 0 fully saturated rings. The van der Waals surface area contributed by atoms with Crippen LogP contribution in [0.5, 0.6) is 0 Å². The molecule has 0 aliphatic rings. The van der Waals surface area contributed by atoms with E-state index in [4.69, 9.17) is 4.98 Å². The van der Waals surface area contributed by atoms with Crippen LogP contribution in [0.3, 0.4) is 0 Å². The molecule has 0 unspecified atom stereocenters. The summed E-state index contributed by atoms with van der Waals surface area (Å²) >= 11 is 0. The lowest BCUT2D eigenvalue weighted by molar-refractivity contribution is 0.628. The third-order valence-corrected chi connectivity index (χ3v) is 5.80. The zero-order chi connectivity index (χ0) is 21.8. The fraction of sp³-hybridized carbons (Fsp3) is 0.0833. The summed E-state index contributed by atoms with van der Waals surface area (Å²) < 4.78 is 15.8. The molecular weight excluding hydrogens is 405 g/mol. The Morgan fingerprint density at radius 2 is 1.84 bits per heavy atom. The predicted molar refractivity (Wildman–Crippen MR) is 121 cm³/mol. The molecule has 0 aliphatic heterocycles. The maximum Gasteiger partial charge on any atom is 0.159 e. The van der Waals surface area contributed by atoms with Crippen LogP contribution >= 0.6 is 0 Å². The molecule has 0 radical (unpaired) electrons. The van der Waals surface area contributed by atoms with Gasteiger partial charge in [-0.1, -0.05) is 24.3 Å². The van der Waals surface area contributed by atoms with Crippen LogP contribution in [0.2, 0.25) is 0 Å². The molecule has 0 spiro atoms. The van der Waals surface area contributed by atoms with Gasteiger partial charge in [-0.25, -0.2) is 14.4 Å². The molecule has 0 atom stereocenters. The van der Waals surface area contributed by atoms with Gasteiger partial charge in [-0.2, -0.15) is 5.10 Å². The van der Waals surface area contributed by atoms with E-state index < -0.39 is 0 Å². The SMILES string of the molecule is Cc1ncc(-c2cc3c(-c4nc5c(-c6cccc(F)c6)cccc5[nH]4)n[nH]c3cn2)n1C. The topological polar surface area (TPSA) is 88.1 Å². The Bertz CT molecular complexity index is 1620. The van der Waals surface area contributed by atoms with Crippen molar-refractivity contribution in [2.24, 2.45) is 7.05 Å². The fourth-order valence-corrected chi connectivity index (χ4v) is 4.01. The van der Waals surface area contributed by atoms with Gasteiger partial charge >= 0.3 is 0 Å². The van der Waals surface area contributed by atoms with E-state index in [1.165, 1.54) is 12.1 Å². The molecule has 0 bridgehead atoms. The lowest BCUT2D eigenvalue weighted by Gasteiger charge is -2.03. The number of nitrogens with one attached hydrogen (secondary N) is 2. The number of imidazole rings is 2.